The minimum absolute atomic E-state index is 0.0706. The molecule has 1 N–H and O–H groups in total. The van der Waals surface area contributed by atoms with Crippen molar-refractivity contribution in [1.82, 2.24) is 4.72 Å². The Labute approximate surface area is 89.2 Å². The quantitative estimate of drug-likeness (QED) is 0.868. The normalized spacial score (nSPS) is 12.4. The Morgan fingerprint density at radius 2 is 1.93 bits per heavy atom. The van der Waals surface area contributed by atoms with Crippen molar-refractivity contribution >= 4 is 21.4 Å². The molecule has 0 aliphatic carbocycles. The zero-order chi connectivity index (χ0) is 10.9. The third-order valence-corrected chi connectivity index (χ3v) is 4.86. The van der Waals surface area contributed by atoms with E-state index in [9.17, 15) is 8.42 Å². The van der Waals surface area contributed by atoms with Crippen molar-refractivity contribution in [3.8, 4) is 0 Å². The fourth-order valence-electron chi connectivity index (χ4n) is 1.33. The van der Waals surface area contributed by atoms with Crippen LogP contribution in [0.1, 0.15) is 24.3 Å². The van der Waals surface area contributed by atoms with Crippen LogP contribution in [0.5, 0.6) is 0 Å². The first-order valence-electron chi connectivity index (χ1n) is 4.41. The largest absolute Gasteiger partial charge is 0.242 e. The molecule has 5 heteroatoms. The Morgan fingerprint density at radius 3 is 2.29 bits per heavy atom. The Morgan fingerprint density at radius 1 is 1.36 bits per heavy atom. The summed E-state index contributed by atoms with van der Waals surface area (Å²) in [5.41, 5.74) is 0.820. The van der Waals surface area contributed by atoms with Gasteiger partial charge in [-0.3, -0.25) is 0 Å². The van der Waals surface area contributed by atoms with Crippen LogP contribution in [0.4, 0.5) is 0 Å². The van der Waals surface area contributed by atoms with Gasteiger partial charge in [0.15, 0.2) is 0 Å². The number of hydrogen-bond donors (Lipinski definition) is 1. The first kappa shape index (κ1) is 11.7. The van der Waals surface area contributed by atoms with Gasteiger partial charge in [0, 0.05) is 10.9 Å². The third kappa shape index (κ3) is 2.34. The summed E-state index contributed by atoms with van der Waals surface area (Å²) < 4.78 is 26.3. The average Bonchev–Trinajstić information content (AvgIpc) is 2.27. The van der Waals surface area contributed by atoms with E-state index in [4.69, 9.17) is 0 Å². The summed E-state index contributed by atoms with van der Waals surface area (Å²) in [4.78, 5) is 1.28. The highest BCUT2D eigenvalue weighted by molar-refractivity contribution is 7.89. The monoisotopic (exact) mass is 233 g/mol. The van der Waals surface area contributed by atoms with E-state index < -0.39 is 10.0 Å². The Balaban J connectivity index is 3.17. The van der Waals surface area contributed by atoms with Crippen molar-refractivity contribution in [2.24, 2.45) is 0 Å². The van der Waals surface area contributed by atoms with Gasteiger partial charge in [-0.25, -0.2) is 13.1 Å². The second kappa shape index (κ2) is 4.00. The predicted octanol–water partition coefficient (Wildman–Crippen LogP) is 2.05. The molecule has 0 bridgehead atoms. The van der Waals surface area contributed by atoms with Crippen molar-refractivity contribution < 1.29 is 8.42 Å². The van der Waals surface area contributed by atoms with Gasteiger partial charge in [0.1, 0.15) is 0 Å². The molecule has 1 aromatic heterocycles. The average molecular weight is 233 g/mol. The molecule has 1 heterocycles. The van der Waals surface area contributed by atoms with Gasteiger partial charge in [-0.15, -0.1) is 11.3 Å². The van der Waals surface area contributed by atoms with Crippen LogP contribution in [0, 0.1) is 13.8 Å². The standard InChI is InChI=1S/C9H15NO2S2/c1-6(2)10-14(11,12)9-7(3)5-13-8(9)4/h5-6,10H,1-4H3. The van der Waals surface area contributed by atoms with Crippen molar-refractivity contribution in [3.05, 3.63) is 15.8 Å². The van der Waals surface area contributed by atoms with E-state index in [1.165, 1.54) is 11.3 Å². The van der Waals surface area contributed by atoms with Crippen LogP contribution in [0.3, 0.4) is 0 Å². The second-order valence-electron chi connectivity index (χ2n) is 3.58. The Kier molecular flexibility index (Phi) is 3.34. The number of thiophene rings is 1. The first-order valence-corrected chi connectivity index (χ1v) is 6.78. The summed E-state index contributed by atoms with van der Waals surface area (Å²) in [5, 5.41) is 1.87. The van der Waals surface area contributed by atoms with Crippen LogP contribution in [0.2, 0.25) is 0 Å². The van der Waals surface area contributed by atoms with Gasteiger partial charge in [-0.05, 0) is 38.6 Å². The highest BCUT2D eigenvalue weighted by Crippen LogP contribution is 2.25. The van der Waals surface area contributed by atoms with E-state index in [1.807, 2.05) is 33.1 Å². The van der Waals surface area contributed by atoms with Crippen molar-refractivity contribution in [2.45, 2.75) is 38.6 Å². The van der Waals surface area contributed by atoms with Crippen molar-refractivity contribution in [1.29, 1.82) is 0 Å². The number of nitrogens with one attached hydrogen (secondary N) is 1. The molecule has 0 spiro atoms. The van der Waals surface area contributed by atoms with Gasteiger partial charge < -0.3 is 0 Å². The van der Waals surface area contributed by atoms with E-state index in [2.05, 4.69) is 4.72 Å². The molecule has 3 nitrogen and oxygen atoms in total. The number of rotatable bonds is 3. The molecular weight excluding hydrogens is 218 g/mol. The summed E-state index contributed by atoms with van der Waals surface area (Å²) in [5.74, 6) is 0. The topological polar surface area (TPSA) is 46.2 Å². The molecule has 0 aliphatic heterocycles. The Bertz CT molecular complexity index is 399. The summed E-state index contributed by atoms with van der Waals surface area (Å²) in [6.45, 7) is 7.27. The highest BCUT2D eigenvalue weighted by Gasteiger charge is 2.21. The van der Waals surface area contributed by atoms with Gasteiger partial charge >= 0.3 is 0 Å². The van der Waals surface area contributed by atoms with Gasteiger partial charge in [-0.2, -0.15) is 0 Å². The molecule has 0 atom stereocenters. The van der Waals surface area contributed by atoms with Gasteiger partial charge in [-0.1, -0.05) is 0 Å². The van der Waals surface area contributed by atoms with Crippen LogP contribution in [-0.4, -0.2) is 14.5 Å². The fourth-order valence-corrected chi connectivity index (χ4v) is 4.22. The molecule has 0 radical (unpaired) electrons. The zero-order valence-corrected chi connectivity index (χ0v) is 10.4. The van der Waals surface area contributed by atoms with E-state index in [-0.39, 0.29) is 6.04 Å². The molecule has 0 amide bonds. The minimum Gasteiger partial charge on any atom is -0.209 e. The van der Waals surface area contributed by atoms with Gasteiger partial charge in [0.05, 0.1) is 4.90 Å². The lowest BCUT2D eigenvalue weighted by atomic mass is 10.3. The maximum Gasteiger partial charge on any atom is 0.242 e. The zero-order valence-electron chi connectivity index (χ0n) is 8.79. The molecule has 0 aliphatic rings. The van der Waals surface area contributed by atoms with Crippen molar-refractivity contribution in [2.75, 3.05) is 0 Å². The van der Waals surface area contributed by atoms with Crippen LogP contribution < -0.4 is 4.72 Å². The van der Waals surface area contributed by atoms with Crippen LogP contribution >= 0.6 is 11.3 Å². The van der Waals surface area contributed by atoms with E-state index in [0.717, 1.165) is 10.4 Å². The summed E-state index contributed by atoms with van der Waals surface area (Å²) in [6, 6.07) is -0.0706. The maximum absolute atomic E-state index is 11.8. The molecule has 1 aromatic rings. The summed E-state index contributed by atoms with van der Waals surface area (Å²) >= 11 is 1.47. The van der Waals surface area contributed by atoms with Crippen LogP contribution in [-0.2, 0) is 10.0 Å². The second-order valence-corrected chi connectivity index (χ2v) is 6.31. The van der Waals surface area contributed by atoms with E-state index in [0.29, 0.717) is 4.90 Å². The maximum atomic E-state index is 11.8. The molecule has 0 saturated heterocycles. The van der Waals surface area contributed by atoms with Gasteiger partial charge in [0.25, 0.3) is 0 Å². The van der Waals surface area contributed by atoms with E-state index >= 15 is 0 Å². The number of sulfonamides is 1. The number of aryl methyl sites for hydroxylation is 2. The molecule has 0 aromatic carbocycles. The van der Waals surface area contributed by atoms with Crippen molar-refractivity contribution in [3.63, 3.8) is 0 Å². The Hall–Kier alpha value is -0.390. The first-order chi connectivity index (χ1) is 6.34. The van der Waals surface area contributed by atoms with Gasteiger partial charge in [0.2, 0.25) is 10.0 Å². The molecule has 80 valence electrons. The summed E-state index contributed by atoms with van der Waals surface area (Å²) in [7, 11) is -3.32. The molecule has 1 rings (SSSR count). The molecular formula is C9H15NO2S2. The van der Waals surface area contributed by atoms with Crippen LogP contribution in [0.15, 0.2) is 10.3 Å². The lowest BCUT2D eigenvalue weighted by Gasteiger charge is -2.09. The summed E-state index contributed by atoms with van der Waals surface area (Å²) in [6.07, 6.45) is 0. The molecule has 0 saturated carbocycles. The number of hydrogen-bond acceptors (Lipinski definition) is 3. The SMILES string of the molecule is Cc1csc(C)c1S(=O)(=O)NC(C)C. The molecule has 0 fully saturated rings. The van der Waals surface area contributed by atoms with Crippen LogP contribution in [0.25, 0.3) is 0 Å². The fraction of sp³-hybridized carbons (Fsp3) is 0.556. The highest BCUT2D eigenvalue weighted by atomic mass is 32.2. The molecule has 14 heavy (non-hydrogen) atoms. The molecule has 0 unspecified atom stereocenters. The lowest BCUT2D eigenvalue weighted by molar-refractivity contribution is 0.569. The third-order valence-electron chi connectivity index (χ3n) is 1.75. The smallest absolute Gasteiger partial charge is 0.209 e. The van der Waals surface area contributed by atoms with E-state index in [1.54, 1.807) is 0 Å². The lowest BCUT2D eigenvalue weighted by Crippen LogP contribution is -2.30. The predicted molar refractivity (Wildman–Crippen MR) is 59.3 cm³/mol. The minimum atomic E-state index is -3.32.